The van der Waals surface area contributed by atoms with Gasteiger partial charge in [0, 0.05) is 25.4 Å². The second kappa shape index (κ2) is 26.1. The van der Waals surface area contributed by atoms with Gasteiger partial charge in [-0.15, -0.1) is 0 Å². The normalized spacial score (nSPS) is 16.9. The molecule has 0 bridgehead atoms. The molecule has 1 fully saturated rings. The van der Waals surface area contributed by atoms with E-state index < -0.39 is 102 Å². The molecule has 15 N–H and O–H groups in total. The lowest BCUT2D eigenvalue weighted by Crippen LogP contribution is -2.57. The minimum absolute atomic E-state index is 0.0206. The lowest BCUT2D eigenvalue weighted by molar-refractivity contribution is -0.149. The number of nitrogens with two attached hydrogens (primary N) is 4. The van der Waals surface area contributed by atoms with Gasteiger partial charge in [-0.2, -0.15) is 0 Å². The lowest BCUT2D eigenvalue weighted by Gasteiger charge is -2.27. The van der Waals surface area contributed by atoms with Crippen LogP contribution in [0.5, 0.6) is 5.75 Å². The van der Waals surface area contributed by atoms with Crippen molar-refractivity contribution in [3.8, 4) is 5.75 Å². The number of likely N-dealkylation sites (tertiary alicyclic amines) is 1. The summed E-state index contributed by atoms with van der Waals surface area (Å²) in [5.74, 6) is -6.82. The summed E-state index contributed by atoms with van der Waals surface area (Å²) in [6, 6.07) is 7.28. The second-order valence-electron chi connectivity index (χ2n) is 16.2. The van der Waals surface area contributed by atoms with Gasteiger partial charge in [0.05, 0.1) is 18.6 Å². The molecule has 1 unspecified atom stereocenters. The van der Waals surface area contributed by atoms with E-state index in [0.717, 1.165) is 0 Å². The first kappa shape index (κ1) is 52.5. The standard InChI is InChI=1S/C43H63N11O11/c1-24(2)36(40(62)50-30(15-16-35(57)58)38(60)53-33-20-25(3)54(41(33)63)22-34(45)56)48-19-17-31(42(64)65-23-27-8-5-4-6-9-27)51-39(61)32(21-26-11-13-28(55)14-12-26)52-37(59)29(44)10-7-18-49-43(46)47/h4-6,8-9,11-14,24-25,29-33,36,48,55H,7,10,15-23,44H2,1-3H3,(H2,45,56)(H,50,62)(H,51,61)(H,52,59)(H,53,60)(H,57,58)(H4,46,47,49)/t25?,29-,30-,31-,32-,33-,36-/m1/s1. The molecule has 1 heterocycles. The molecule has 1 aliphatic heterocycles. The van der Waals surface area contributed by atoms with Crippen LogP contribution in [0.3, 0.4) is 0 Å². The zero-order valence-corrected chi connectivity index (χ0v) is 36.9. The first-order valence-corrected chi connectivity index (χ1v) is 21.3. The van der Waals surface area contributed by atoms with E-state index in [0.29, 0.717) is 17.5 Å². The quantitative estimate of drug-likeness (QED) is 0.0199. The molecule has 0 aromatic heterocycles. The monoisotopic (exact) mass is 909 g/mol. The zero-order valence-electron chi connectivity index (χ0n) is 36.9. The highest BCUT2D eigenvalue weighted by molar-refractivity contribution is 5.95. The number of aromatic hydroxyl groups is 1. The largest absolute Gasteiger partial charge is 0.508 e. The van der Waals surface area contributed by atoms with Crippen LogP contribution in [-0.2, 0) is 56.1 Å². The lowest BCUT2D eigenvalue weighted by atomic mass is 10.0. The number of guanidine groups is 1. The van der Waals surface area contributed by atoms with Crippen molar-refractivity contribution in [3.63, 3.8) is 0 Å². The third-order valence-corrected chi connectivity index (χ3v) is 10.5. The Hall–Kier alpha value is -6.81. The van der Waals surface area contributed by atoms with Crippen LogP contribution in [0, 0.1) is 5.92 Å². The van der Waals surface area contributed by atoms with Gasteiger partial charge in [-0.3, -0.25) is 38.6 Å². The maximum Gasteiger partial charge on any atom is 0.329 e. The number of carbonyl (C=O) groups is 8. The number of carboxylic acid groups (broad SMARTS) is 1. The Morgan fingerprint density at radius 3 is 2.09 bits per heavy atom. The zero-order chi connectivity index (χ0) is 48.2. The molecule has 1 aliphatic rings. The highest BCUT2D eigenvalue weighted by Crippen LogP contribution is 2.19. The van der Waals surface area contributed by atoms with Crippen LogP contribution in [-0.4, -0.2) is 130 Å². The summed E-state index contributed by atoms with van der Waals surface area (Å²) in [5.41, 5.74) is 23.4. The summed E-state index contributed by atoms with van der Waals surface area (Å²) in [6.07, 6.45) is -0.297. The van der Waals surface area contributed by atoms with Gasteiger partial charge in [0.1, 0.15) is 36.5 Å². The Morgan fingerprint density at radius 2 is 1.48 bits per heavy atom. The van der Waals surface area contributed by atoms with Crippen LogP contribution >= 0.6 is 0 Å². The van der Waals surface area contributed by atoms with Gasteiger partial charge < -0.3 is 69.4 Å². The van der Waals surface area contributed by atoms with Crippen molar-refractivity contribution in [2.75, 3.05) is 19.6 Å². The Morgan fingerprint density at radius 1 is 0.831 bits per heavy atom. The summed E-state index contributed by atoms with van der Waals surface area (Å²) < 4.78 is 5.60. The minimum Gasteiger partial charge on any atom is -0.508 e. The summed E-state index contributed by atoms with van der Waals surface area (Å²) in [4.78, 5) is 109. The molecule has 356 valence electrons. The van der Waals surface area contributed by atoms with Gasteiger partial charge >= 0.3 is 11.9 Å². The first-order valence-electron chi connectivity index (χ1n) is 21.3. The van der Waals surface area contributed by atoms with Crippen molar-refractivity contribution in [2.24, 2.45) is 33.8 Å². The second-order valence-corrected chi connectivity index (χ2v) is 16.2. The summed E-state index contributed by atoms with van der Waals surface area (Å²) in [5, 5.41) is 32.8. The van der Waals surface area contributed by atoms with Crippen LogP contribution in [0.2, 0.25) is 0 Å². The number of carbonyl (C=O) groups excluding carboxylic acids is 7. The van der Waals surface area contributed by atoms with Gasteiger partial charge in [-0.25, -0.2) is 4.79 Å². The average molecular weight is 910 g/mol. The number of benzene rings is 2. The molecular formula is C43H63N11O11. The number of esters is 1. The third-order valence-electron chi connectivity index (χ3n) is 10.5. The van der Waals surface area contributed by atoms with E-state index in [9.17, 15) is 48.6 Å². The topological polar surface area (TPSA) is 366 Å². The Labute approximate surface area is 377 Å². The molecule has 3 rings (SSSR count). The molecule has 0 radical (unpaired) electrons. The molecule has 0 saturated carbocycles. The molecule has 0 aliphatic carbocycles. The third kappa shape index (κ3) is 18.1. The highest BCUT2D eigenvalue weighted by atomic mass is 16.5. The van der Waals surface area contributed by atoms with E-state index >= 15 is 0 Å². The summed E-state index contributed by atoms with van der Waals surface area (Å²) in [7, 11) is 0. The first-order chi connectivity index (χ1) is 30.7. The fraction of sp³-hybridized carbons (Fsp3) is 0.512. The van der Waals surface area contributed by atoms with E-state index in [-0.39, 0.29) is 70.1 Å². The van der Waals surface area contributed by atoms with E-state index in [4.69, 9.17) is 27.7 Å². The number of phenolic OH excluding ortho intramolecular Hbond substituents is 1. The van der Waals surface area contributed by atoms with Gasteiger partial charge in [0.2, 0.25) is 35.4 Å². The number of aliphatic imine (C=N–C) groups is 1. The van der Waals surface area contributed by atoms with Crippen LogP contribution in [0.15, 0.2) is 59.6 Å². The molecule has 1 saturated heterocycles. The van der Waals surface area contributed by atoms with E-state index in [2.05, 4.69) is 31.6 Å². The van der Waals surface area contributed by atoms with Crippen LogP contribution in [0.1, 0.15) is 70.4 Å². The smallest absolute Gasteiger partial charge is 0.329 e. The van der Waals surface area contributed by atoms with Crippen LogP contribution < -0.4 is 49.5 Å². The molecule has 6 amide bonds. The molecule has 0 spiro atoms. The maximum atomic E-state index is 14.1. The van der Waals surface area contributed by atoms with E-state index in [1.165, 1.54) is 17.0 Å². The number of nitrogens with zero attached hydrogens (tertiary/aromatic N) is 2. The van der Waals surface area contributed by atoms with Gasteiger partial charge in [-0.1, -0.05) is 56.3 Å². The van der Waals surface area contributed by atoms with E-state index in [1.807, 2.05) is 0 Å². The summed E-state index contributed by atoms with van der Waals surface area (Å²) >= 11 is 0. The SMILES string of the molecule is CC(C)[C@@H](NCC[C@@H](NC(=O)[C@@H](Cc1ccc(O)cc1)NC(=O)[C@H](N)CCCN=C(N)N)C(=O)OCc1ccccc1)C(=O)N[C@H](CCC(=O)O)C(=O)N[C@@H]1CC(C)N(CC(N)=O)C1=O. The number of primary amides is 1. The molecule has 65 heavy (non-hydrogen) atoms. The van der Waals surface area contributed by atoms with Crippen molar-refractivity contribution < 1.29 is 53.3 Å². The van der Waals surface area contributed by atoms with Crippen LogP contribution in [0.25, 0.3) is 0 Å². The number of carboxylic acids is 1. The minimum atomic E-state index is -1.37. The number of ether oxygens (including phenoxy) is 1. The van der Waals surface area contributed by atoms with Crippen molar-refractivity contribution in [2.45, 2.75) is 115 Å². The molecular weight excluding hydrogens is 847 g/mol. The number of hydrogen-bond acceptors (Lipinski definition) is 13. The molecule has 2 aromatic rings. The van der Waals surface area contributed by atoms with Crippen LogP contribution in [0.4, 0.5) is 0 Å². The average Bonchev–Trinajstić information content (AvgIpc) is 3.50. The predicted molar refractivity (Wildman–Crippen MR) is 237 cm³/mol. The number of aliphatic carboxylic acids is 1. The molecule has 22 heteroatoms. The number of phenols is 1. The van der Waals surface area contributed by atoms with Crippen molar-refractivity contribution >= 4 is 53.3 Å². The van der Waals surface area contributed by atoms with Crippen molar-refractivity contribution in [1.82, 2.24) is 31.5 Å². The molecule has 2 aromatic carbocycles. The van der Waals surface area contributed by atoms with Crippen molar-refractivity contribution in [3.05, 3.63) is 65.7 Å². The Bertz CT molecular complexity index is 1980. The summed E-state index contributed by atoms with van der Waals surface area (Å²) in [6.45, 7) is 4.78. The Kier molecular flexibility index (Phi) is 21.1. The van der Waals surface area contributed by atoms with Gasteiger partial charge in [0.15, 0.2) is 5.96 Å². The number of rotatable bonds is 27. The van der Waals surface area contributed by atoms with Gasteiger partial charge in [-0.05, 0) is 74.8 Å². The van der Waals surface area contributed by atoms with Crippen molar-refractivity contribution in [1.29, 1.82) is 0 Å². The Balaban J connectivity index is 1.80. The number of nitrogens with one attached hydrogen (secondary N) is 5. The predicted octanol–water partition coefficient (Wildman–Crippen LogP) is -2.03. The molecule has 7 atom stereocenters. The van der Waals surface area contributed by atoms with E-state index in [1.54, 1.807) is 63.2 Å². The fourth-order valence-corrected chi connectivity index (χ4v) is 6.95. The maximum absolute atomic E-state index is 14.1. The number of amides is 6. The number of hydrogen-bond donors (Lipinski definition) is 11. The molecule has 22 nitrogen and oxygen atoms in total. The highest BCUT2D eigenvalue weighted by Gasteiger charge is 2.40. The fourth-order valence-electron chi connectivity index (χ4n) is 6.95. The van der Waals surface area contributed by atoms with Gasteiger partial charge in [0.25, 0.3) is 0 Å².